The Morgan fingerprint density at radius 2 is 1.75 bits per heavy atom. The maximum atomic E-state index is 13.5. The maximum Gasteiger partial charge on any atom is 0.262 e. The van der Waals surface area contributed by atoms with Crippen LogP contribution in [0.4, 0.5) is 10.1 Å². The van der Waals surface area contributed by atoms with Gasteiger partial charge in [-0.05, 0) is 42.0 Å². The van der Waals surface area contributed by atoms with Gasteiger partial charge in [0.15, 0.2) is 18.2 Å². The molecule has 0 saturated carbocycles. The number of amides is 1. The Balaban J connectivity index is 1.33. The molecule has 0 unspecified atom stereocenters. The third-order valence-electron chi connectivity index (χ3n) is 4.13. The van der Waals surface area contributed by atoms with E-state index in [0.29, 0.717) is 5.69 Å². The average Bonchev–Trinajstić information content (AvgIpc) is 3.11. The quantitative estimate of drug-likeness (QED) is 0.500. The van der Waals surface area contributed by atoms with Gasteiger partial charge in [0.2, 0.25) is 0 Å². The van der Waals surface area contributed by atoms with Gasteiger partial charge in [-0.25, -0.2) is 9.37 Å². The average molecular weight is 392 g/mol. The number of para-hydroxylation sites is 2. The Kier molecular flexibility index (Phi) is 5.30. The second kappa shape index (κ2) is 8.19. The van der Waals surface area contributed by atoms with Crippen molar-refractivity contribution in [2.24, 2.45) is 0 Å². The zero-order valence-electron chi connectivity index (χ0n) is 14.9. The highest BCUT2D eigenvalue weighted by Crippen LogP contribution is 2.24. The van der Waals surface area contributed by atoms with Crippen molar-refractivity contribution in [1.82, 2.24) is 4.98 Å². The smallest absolute Gasteiger partial charge is 0.262 e. The number of carbonyl (C=O) groups is 1. The van der Waals surface area contributed by atoms with E-state index in [-0.39, 0.29) is 18.3 Å². The Labute approximate surface area is 165 Å². The molecular formula is C22H17FN2O2S. The first kappa shape index (κ1) is 18.1. The van der Waals surface area contributed by atoms with E-state index in [1.807, 2.05) is 42.5 Å². The molecule has 6 heteroatoms. The molecule has 0 aliphatic carbocycles. The molecule has 0 atom stereocenters. The number of benzene rings is 3. The number of rotatable bonds is 6. The van der Waals surface area contributed by atoms with Crippen LogP contribution in [-0.4, -0.2) is 17.5 Å². The number of thiazole rings is 1. The lowest BCUT2D eigenvalue weighted by Gasteiger charge is -2.08. The maximum absolute atomic E-state index is 13.5. The van der Waals surface area contributed by atoms with E-state index >= 15 is 0 Å². The SMILES string of the molecule is O=C(COc1ccccc1F)Nc1ccc(Cc2nc3ccccc3s2)cc1. The molecule has 1 N–H and O–H groups in total. The third kappa shape index (κ3) is 4.35. The number of carbonyl (C=O) groups excluding carboxylic acids is 1. The molecule has 0 aliphatic heterocycles. The first-order valence-electron chi connectivity index (χ1n) is 8.78. The Morgan fingerprint density at radius 1 is 1.00 bits per heavy atom. The van der Waals surface area contributed by atoms with Gasteiger partial charge in [0.1, 0.15) is 0 Å². The van der Waals surface area contributed by atoms with E-state index in [1.165, 1.54) is 16.8 Å². The van der Waals surface area contributed by atoms with Gasteiger partial charge in [-0.2, -0.15) is 0 Å². The highest BCUT2D eigenvalue weighted by Gasteiger charge is 2.08. The van der Waals surface area contributed by atoms with Crippen molar-refractivity contribution in [3.63, 3.8) is 0 Å². The first-order valence-corrected chi connectivity index (χ1v) is 9.59. The van der Waals surface area contributed by atoms with Gasteiger partial charge >= 0.3 is 0 Å². The van der Waals surface area contributed by atoms with Crippen LogP contribution >= 0.6 is 11.3 Å². The zero-order valence-corrected chi connectivity index (χ0v) is 15.7. The van der Waals surface area contributed by atoms with Crippen molar-refractivity contribution in [1.29, 1.82) is 0 Å². The molecule has 28 heavy (non-hydrogen) atoms. The summed E-state index contributed by atoms with van der Waals surface area (Å²) in [5.41, 5.74) is 2.79. The summed E-state index contributed by atoms with van der Waals surface area (Å²) in [7, 11) is 0. The van der Waals surface area contributed by atoms with Crippen molar-refractivity contribution in [3.05, 3.63) is 89.2 Å². The number of hydrogen-bond donors (Lipinski definition) is 1. The lowest BCUT2D eigenvalue weighted by Crippen LogP contribution is -2.20. The van der Waals surface area contributed by atoms with Crippen LogP contribution in [0, 0.1) is 5.82 Å². The summed E-state index contributed by atoms with van der Waals surface area (Å²) in [6, 6.07) is 21.7. The molecule has 0 aliphatic rings. The second-order valence-corrected chi connectivity index (χ2v) is 7.33. The fraction of sp³-hybridized carbons (Fsp3) is 0.0909. The fourth-order valence-corrected chi connectivity index (χ4v) is 3.78. The standard InChI is InChI=1S/C22H17FN2O2S/c23-17-5-1-3-7-19(17)27-14-21(26)24-16-11-9-15(10-12-16)13-22-25-18-6-2-4-8-20(18)28-22/h1-12H,13-14H2,(H,24,26). The van der Waals surface area contributed by atoms with Crippen LogP contribution in [0.25, 0.3) is 10.2 Å². The molecular weight excluding hydrogens is 375 g/mol. The van der Waals surface area contributed by atoms with Gasteiger partial charge in [0.25, 0.3) is 5.91 Å². The Bertz CT molecular complexity index is 1080. The molecule has 4 aromatic rings. The first-order chi connectivity index (χ1) is 13.7. The minimum Gasteiger partial charge on any atom is -0.481 e. The minimum absolute atomic E-state index is 0.0591. The van der Waals surface area contributed by atoms with Crippen molar-refractivity contribution in [2.45, 2.75) is 6.42 Å². The number of nitrogens with one attached hydrogen (secondary N) is 1. The van der Waals surface area contributed by atoms with Crippen LogP contribution in [0.1, 0.15) is 10.6 Å². The van der Waals surface area contributed by atoms with E-state index < -0.39 is 5.82 Å². The van der Waals surface area contributed by atoms with E-state index in [2.05, 4.69) is 16.4 Å². The van der Waals surface area contributed by atoms with Crippen molar-refractivity contribution < 1.29 is 13.9 Å². The minimum atomic E-state index is -0.491. The molecule has 1 heterocycles. The van der Waals surface area contributed by atoms with Crippen LogP contribution in [0.3, 0.4) is 0 Å². The molecule has 0 radical (unpaired) electrons. The monoisotopic (exact) mass is 392 g/mol. The molecule has 4 nitrogen and oxygen atoms in total. The normalized spacial score (nSPS) is 10.8. The van der Waals surface area contributed by atoms with Crippen molar-refractivity contribution >= 4 is 33.1 Å². The number of hydrogen-bond acceptors (Lipinski definition) is 4. The van der Waals surface area contributed by atoms with Gasteiger partial charge in [-0.1, -0.05) is 36.4 Å². The van der Waals surface area contributed by atoms with Crippen LogP contribution in [0.2, 0.25) is 0 Å². The summed E-state index contributed by atoms with van der Waals surface area (Å²) < 4.78 is 19.9. The van der Waals surface area contributed by atoms with E-state index in [1.54, 1.807) is 23.5 Å². The van der Waals surface area contributed by atoms with Crippen molar-refractivity contribution in [2.75, 3.05) is 11.9 Å². The molecule has 0 fully saturated rings. The summed E-state index contributed by atoms with van der Waals surface area (Å²) >= 11 is 1.68. The zero-order chi connectivity index (χ0) is 19.3. The molecule has 0 spiro atoms. The molecule has 1 amide bonds. The van der Waals surface area contributed by atoms with Gasteiger partial charge in [-0.15, -0.1) is 11.3 Å². The van der Waals surface area contributed by atoms with E-state index in [9.17, 15) is 9.18 Å². The summed E-state index contributed by atoms with van der Waals surface area (Å²) in [4.78, 5) is 16.6. The molecule has 0 bridgehead atoms. The summed E-state index contributed by atoms with van der Waals surface area (Å²) in [5.74, 6) is -0.777. The predicted molar refractivity (Wildman–Crippen MR) is 109 cm³/mol. The van der Waals surface area contributed by atoms with Gasteiger partial charge in [0.05, 0.1) is 15.2 Å². The number of halogens is 1. The van der Waals surface area contributed by atoms with Gasteiger partial charge in [0, 0.05) is 12.1 Å². The van der Waals surface area contributed by atoms with Gasteiger partial charge < -0.3 is 10.1 Å². The van der Waals surface area contributed by atoms with Crippen LogP contribution < -0.4 is 10.1 Å². The Morgan fingerprint density at radius 3 is 2.54 bits per heavy atom. The van der Waals surface area contributed by atoms with Crippen LogP contribution in [0.15, 0.2) is 72.8 Å². The topological polar surface area (TPSA) is 51.2 Å². The van der Waals surface area contributed by atoms with E-state index in [0.717, 1.165) is 22.5 Å². The predicted octanol–water partition coefficient (Wildman–Crippen LogP) is 5.04. The molecule has 4 rings (SSSR count). The van der Waals surface area contributed by atoms with Crippen LogP contribution in [0.5, 0.6) is 5.75 Å². The van der Waals surface area contributed by atoms with Crippen LogP contribution in [-0.2, 0) is 11.2 Å². The molecule has 1 aromatic heterocycles. The lowest BCUT2D eigenvalue weighted by molar-refractivity contribution is -0.118. The highest BCUT2D eigenvalue weighted by atomic mass is 32.1. The number of anilines is 1. The number of nitrogens with zero attached hydrogens (tertiary/aromatic N) is 1. The van der Waals surface area contributed by atoms with E-state index in [4.69, 9.17) is 4.74 Å². The largest absolute Gasteiger partial charge is 0.481 e. The third-order valence-corrected chi connectivity index (χ3v) is 5.16. The fourth-order valence-electron chi connectivity index (χ4n) is 2.78. The van der Waals surface area contributed by atoms with Crippen molar-refractivity contribution in [3.8, 4) is 5.75 Å². The second-order valence-electron chi connectivity index (χ2n) is 6.22. The van der Waals surface area contributed by atoms with Gasteiger partial charge in [-0.3, -0.25) is 4.79 Å². The Hall–Kier alpha value is -3.25. The number of ether oxygens (including phenoxy) is 1. The number of aromatic nitrogens is 1. The lowest BCUT2D eigenvalue weighted by atomic mass is 10.1. The number of fused-ring (bicyclic) bond motifs is 1. The summed E-state index contributed by atoms with van der Waals surface area (Å²) in [5, 5.41) is 3.80. The summed E-state index contributed by atoms with van der Waals surface area (Å²) in [6.07, 6.45) is 0.740. The highest BCUT2D eigenvalue weighted by molar-refractivity contribution is 7.18. The molecule has 140 valence electrons. The molecule has 3 aromatic carbocycles. The summed E-state index contributed by atoms with van der Waals surface area (Å²) in [6.45, 7) is -0.256. The molecule has 0 saturated heterocycles.